The van der Waals surface area contributed by atoms with Gasteiger partial charge in [-0.05, 0) is 30.3 Å². The van der Waals surface area contributed by atoms with Gasteiger partial charge in [0.2, 0.25) is 0 Å². The van der Waals surface area contributed by atoms with E-state index < -0.39 is 5.97 Å². The lowest BCUT2D eigenvalue weighted by Crippen LogP contribution is -2.18. The molecule has 17 heavy (non-hydrogen) atoms. The zero-order valence-electron chi connectivity index (χ0n) is 8.70. The van der Waals surface area contributed by atoms with Crippen LogP contribution in [0.2, 0.25) is 0 Å². The first kappa shape index (κ1) is 10.9. The molecule has 0 bridgehead atoms. The third-order valence-corrected chi connectivity index (χ3v) is 2.29. The van der Waals surface area contributed by atoms with Crippen molar-refractivity contribution in [3.8, 4) is 11.4 Å². The summed E-state index contributed by atoms with van der Waals surface area (Å²) in [4.78, 5) is 22.4. The number of hydrogen-bond donors (Lipinski definition) is 2. The van der Waals surface area contributed by atoms with Crippen LogP contribution in [0.1, 0.15) is 10.4 Å². The van der Waals surface area contributed by atoms with E-state index in [9.17, 15) is 9.59 Å². The van der Waals surface area contributed by atoms with Crippen LogP contribution in [-0.2, 0) is 0 Å². The number of phenolic OH excluding ortho intramolecular Hbond substituents is 1. The van der Waals surface area contributed by atoms with E-state index in [1.54, 1.807) is 0 Å². The van der Waals surface area contributed by atoms with Crippen LogP contribution in [0, 0.1) is 0 Å². The van der Waals surface area contributed by atoms with Crippen LogP contribution in [0.15, 0.2) is 47.4 Å². The van der Waals surface area contributed by atoms with Gasteiger partial charge in [-0.25, -0.2) is 4.79 Å². The Kier molecular flexibility index (Phi) is 2.66. The van der Waals surface area contributed by atoms with E-state index in [0.717, 1.165) is 0 Å². The van der Waals surface area contributed by atoms with E-state index in [2.05, 4.69) is 0 Å². The van der Waals surface area contributed by atoms with Crippen LogP contribution in [0.25, 0.3) is 5.69 Å². The first-order chi connectivity index (χ1) is 8.08. The van der Waals surface area contributed by atoms with Crippen molar-refractivity contribution in [2.45, 2.75) is 0 Å². The van der Waals surface area contributed by atoms with Crippen molar-refractivity contribution in [3.05, 3.63) is 58.5 Å². The molecule has 2 rings (SSSR count). The second-order valence-corrected chi connectivity index (χ2v) is 3.45. The molecular weight excluding hydrogens is 222 g/mol. The molecule has 0 aliphatic rings. The molecule has 0 saturated heterocycles. The van der Waals surface area contributed by atoms with Crippen molar-refractivity contribution >= 4 is 5.97 Å². The molecule has 2 N–H and O–H groups in total. The number of pyridine rings is 1. The third-order valence-electron chi connectivity index (χ3n) is 2.29. The van der Waals surface area contributed by atoms with E-state index in [4.69, 9.17) is 10.2 Å². The summed E-state index contributed by atoms with van der Waals surface area (Å²) < 4.78 is 1.21. The molecule has 0 spiro atoms. The number of phenols is 1. The number of carboxylic acids is 1. The molecule has 0 fully saturated rings. The fourth-order valence-electron chi connectivity index (χ4n) is 1.43. The van der Waals surface area contributed by atoms with Crippen LogP contribution in [-0.4, -0.2) is 20.7 Å². The molecule has 0 unspecified atom stereocenters. The highest BCUT2D eigenvalue weighted by Crippen LogP contribution is 2.12. The lowest BCUT2D eigenvalue weighted by molar-refractivity contribution is 0.0696. The Morgan fingerprint density at radius 2 is 1.71 bits per heavy atom. The number of rotatable bonds is 2. The normalized spacial score (nSPS) is 10.1. The Bertz CT molecular complexity index is 613. The quantitative estimate of drug-likeness (QED) is 0.814. The largest absolute Gasteiger partial charge is 0.508 e. The van der Waals surface area contributed by atoms with E-state index >= 15 is 0 Å². The first-order valence-corrected chi connectivity index (χ1v) is 4.83. The maximum atomic E-state index is 11.6. The van der Waals surface area contributed by atoms with Crippen molar-refractivity contribution in [1.82, 2.24) is 4.57 Å². The Hall–Kier alpha value is -2.56. The van der Waals surface area contributed by atoms with Gasteiger partial charge in [-0.2, -0.15) is 0 Å². The number of aromatic nitrogens is 1. The fraction of sp³-hybridized carbons (Fsp3) is 0. The van der Waals surface area contributed by atoms with Gasteiger partial charge in [0.1, 0.15) is 5.75 Å². The van der Waals surface area contributed by atoms with Gasteiger partial charge >= 0.3 is 5.97 Å². The van der Waals surface area contributed by atoms with Gasteiger partial charge in [0.05, 0.1) is 5.56 Å². The summed E-state index contributed by atoms with van der Waals surface area (Å²) in [6, 6.07) is 8.35. The van der Waals surface area contributed by atoms with Crippen molar-refractivity contribution < 1.29 is 15.0 Å². The molecule has 0 saturated carbocycles. The van der Waals surface area contributed by atoms with Crippen LogP contribution in [0.3, 0.4) is 0 Å². The standard InChI is InChI=1S/C12H9NO4/c14-10-4-2-9(3-5-10)13-7-8(12(16)17)1-6-11(13)15/h1-7,14H,(H,16,17). The van der Waals surface area contributed by atoms with E-state index in [-0.39, 0.29) is 16.9 Å². The summed E-state index contributed by atoms with van der Waals surface area (Å²) in [5, 5.41) is 18.0. The highest BCUT2D eigenvalue weighted by Gasteiger charge is 2.06. The SMILES string of the molecule is O=C(O)c1ccc(=O)n(-c2ccc(O)cc2)c1. The van der Waals surface area contributed by atoms with Crippen molar-refractivity contribution in [2.24, 2.45) is 0 Å². The molecule has 5 nitrogen and oxygen atoms in total. The molecule has 0 aliphatic carbocycles. The summed E-state index contributed by atoms with van der Waals surface area (Å²) in [7, 11) is 0. The summed E-state index contributed by atoms with van der Waals surface area (Å²) in [6.07, 6.45) is 1.25. The molecule has 86 valence electrons. The van der Waals surface area contributed by atoms with Gasteiger partial charge in [-0.1, -0.05) is 0 Å². The van der Waals surface area contributed by atoms with Crippen molar-refractivity contribution in [1.29, 1.82) is 0 Å². The molecule has 0 radical (unpaired) electrons. The molecule has 1 heterocycles. The summed E-state index contributed by atoms with van der Waals surface area (Å²) in [6.45, 7) is 0. The Morgan fingerprint density at radius 3 is 2.29 bits per heavy atom. The number of nitrogens with zero attached hydrogens (tertiary/aromatic N) is 1. The minimum Gasteiger partial charge on any atom is -0.508 e. The number of benzene rings is 1. The average Bonchev–Trinajstić information content (AvgIpc) is 2.31. The molecular formula is C12H9NO4. The summed E-state index contributed by atoms with van der Waals surface area (Å²) >= 11 is 0. The first-order valence-electron chi connectivity index (χ1n) is 4.83. The van der Waals surface area contributed by atoms with Crippen molar-refractivity contribution in [2.75, 3.05) is 0 Å². The smallest absolute Gasteiger partial charge is 0.337 e. The molecule has 5 heteroatoms. The number of aromatic carboxylic acids is 1. The lowest BCUT2D eigenvalue weighted by Gasteiger charge is -2.06. The van der Waals surface area contributed by atoms with Gasteiger partial charge in [-0.15, -0.1) is 0 Å². The number of carbonyl (C=O) groups is 1. The minimum atomic E-state index is -1.10. The van der Waals surface area contributed by atoms with Crippen LogP contribution < -0.4 is 5.56 Å². The maximum absolute atomic E-state index is 11.6. The average molecular weight is 231 g/mol. The predicted molar refractivity (Wildman–Crippen MR) is 60.7 cm³/mol. The highest BCUT2D eigenvalue weighted by atomic mass is 16.4. The van der Waals surface area contributed by atoms with Crippen molar-refractivity contribution in [3.63, 3.8) is 0 Å². The molecule has 0 aliphatic heterocycles. The van der Waals surface area contributed by atoms with Gasteiger partial charge in [0.25, 0.3) is 5.56 Å². The zero-order chi connectivity index (χ0) is 12.4. The Morgan fingerprint density at radius 1 is 1.06 bits per heavy atom. The van der Waals surface area contributed by atoms with E-state index in [1.807, 2.05) is 0 Å². The van der Waals surface area contributed by atoms with Gasteiger partial charge < -0.3 is 10.2 Å². The Balaban J connectivity index is 2.58. The second kappa shape index (κ2) is 4.13. The van der Waals surface area contributed by atoms with Gasteiger partial charge in [-0.3, -0.25) is 9.36 Å². The summed E-state index contributed by atoms with van der Waals surface area (Å²) in [5.41, 5.74) is 0.189. The fourth-order valence-corrected chi connectivity index (χ4v) is 1.43. The predicted octanol–water partition coefficient (Wildman–Crippen LogP) is 1.24. The summed E-state index contributed by atoms with van der Waals surface area (Å²) in [5.74, 6) is -1.02. The highest BCUT2D eigenvalue weighted by molar-refractivity contribution is 5.87. The molecule has 0 amide bonds. The molecule has 1 aromatic carbocycles. The van der Waals surface area contributed by atoms with Crippen LogP contribution in [0.5, 0.6) is 5.75 Å². The lowest BCUT2D eigenvalue weighted by atomic mass is 10.2. The number of hydrogen-bond acceptors (Lipinski definition) is 3. The van der Waals surface area contributed by atoms with Crippen LogP contribution >= 0.6 is 0 Å². The molecule has 2 aromatic rings. The number of carboxylic acid groups (broad SMARTS) is 1. The van der Waals surface area contributed by atoms with E-state index in [0.29, 0.717) is 5.69 Å². The molecule has 0 atom stereocenters. The topological polar surface area (TPSA) is 79.5 Å². The minimum absolute atomic E-state index is 0.0256. The van der Waals surface area contributed by atoms with Crippen LogP contribution in [0.4, 0.5) is 0 Å². The third kappa shape index (κ3) is 2.17. The van der Waals surface area contributed by atoms with E-state index in [1.165, 1.54) is 47.2 Å². The maximum Gasteiger partial charge on any atom is 0.337 e. The van der Waals surface area contributed by atoms with Gasteiger partial charge in [0.15, 0.2) is 0 Å². The monoisotopic (exact) mass is 231 g/mol. The zero-order valence-corrected chi connectivity index (χ0v) is 8.70. The Labute approximate surface area is 96.2 Å². The number of aromatic hydroxyl groups is 1. The second-order valence-electron chi connectivity index (χ2n) is 3.45. The molecule has 1 aromatic heterocycles. The van der Waals surface area contributed by atoms with Gasteiger partial charge in [0, 0.05) is 18.0 Å².